The van der Waals surface area contributed by atoms with Gasteiger partial charge in [0.25, 0.3) is 0 Å². The molecule has 0 unspecified atom stereocenters. The van der Waals surface area contributed by atoms with Crippen LogP contribution in [0.1, 0.15) is 98.2 Å². The molecule has 9 rings (SSSR count). The average molecular weight is 846 g/mol. The summed E-state index contributed by atoms with van der Waals surface area (Å²) in [5, 5.41) is 0. The van der Waals surface area contributed by atoms with Gasteiger partial charge in [-0.3, -0.25) is 9.59 Å². The Hall–Kier alpha value is -7.36. The van der Waals surface area contributed by atoms with E-state index in [-0.39, 0.29) is 28.0 Å². The van der Waals surface area contributed by atoms with Crippen LogP contribution in [0.2, 0.25) is 0 Å². The molecule has 0 amide bonds. The van der Waals surface area contributed by atoms with Crippen LogP contribution >= 0.6 is 0 Å². The number of anilines is 1. The van der Waals surface area contributed by atoms with Crippen molar-refractivity contribution in [2.75, 3.05) is 18.0 Å². The molecule has 0 fully saturated rings. The standard InChI is InChI=1S/C62H55NO2/c64-59-56-37-19-20-38-57(56)60(65)58(59)47-48-39-41-55(42-40-48)63(45-23-21-43-61(49-25-7-1-8-26-49,50-27-9-2-10-28-50)51-29-11-3-12-30-51)46-24-22-44-62(52-31-13-4-14-32-52,53-33-15-5-16-34-53)54-35-17-6-18-36-54/h1-20,25-42,47H,21-24,43-46H2. The van der Waals surface area contributed by atoms with E-state index in [0.717, 1.165) is 62.9 Å². The largest absolute Gasteiger partial charge is 0.372 e. The second kappa shape index (κ2) is 20.0. The van der Waals surface area contributed by atoms with Gasteiger partial charge in [-0.2, -0.15) is 0 Å². The molecular weight excluding hydrogens is 791 g/mol. The van der Waals surface area contributed by atoms with Crippen molar-refractivity contribution >= 4 is 23.3 Å². The summed E-state index contributed by atoms with van der Waals surface area (Å²) < 4.78 is 0. The minimum atomic E-state index is -0.297. The molecule has 0 spiro atoms. The number of benzene rings is 8. The lowest BCUT2D eigenvalue weighted by atomic mass is 9.66. The molecule has 0 heterocycles. The van der Waals surface area contributed by atoms with Gasteiger partial charge in [-0.25, -0.2) is 0 Å². The van der Waals surface area contributed by atoms with E-state index >= 15 is 0 Å². The number of carbonyl (C=O) groups is 2. The first-order valence-electron chi connectivity index (χ1n) is 23.2. The molecule has 0 bridgehead atoms. The predicted octanol–water partition coefficient (Wildman–Crippen LogP) is 14.4. The van der Waals surface area contributed by atoms with Gasteiger partial charge >= 0.3 is 0 Å². The number of fused-ring (bicyclic) bond motifs is 1. The molecule has 8 aromatic rings. The zero-order valence-corrected chi connectivity index (χ0v) is 36.9. The SMILES string of the molecule is O=C1C(=Cc2ccc(N(CCCCC(c3ccccc3)(c3ccccc3)c3ccccc3)CCCCC(c3ccccc3)(c3ccccc3)c3ccccc3)cc2)C(=O)c2ccccc21. The fraction of sp³-hybridized carbons (Fsp3) is 0.161. The van der Waals surface area contributed by atoms with E-state index in [1.54, 1.807) is 18.2 Å². The van der Waals surface area contributed by atoms with Crippen LogP contribution in [-0.4, -0.2) is 24.7 Å². The molecule has 0 N–H and O–H groups in total. The lowest BCUT2D eigenvalue weighted by molar-refractivity contribution is 0.0990. The third kappa shape index (κ3) is 8.93. The Morgan fingerprint density at radius 1 is 0.338 bits per heavy atom. The fourth-order valence-corrected chi connectivity index (χ4v) is 10.3. The zero-order chi connectivity index (χ0) is 44.3. The Labute approximate surface area is 384 Å². The van der Waals surface area contributed by atoms with Gasteiger partial charge in [0.15, 0.2) is 11.6 Å². The normalized spacial score (nSPS) is 12.5. The smallest absolute Gasteiger partial charge is 0.197 e. The first-order valence-corrected chi connectivity index (χ1v) is 23.2. The van der Waals surface area contributed by atoms with Gasteiger partial charge in [-0.15, -0.1) is 0 Å². The maximum absolute atomic E-state index is 13.3. The van der Waals surface area contributed by atoms with Crippen LogP contribution in [0.3, 0.4) is 0 Å². The number of ketones is 2. The van der Waals surface area contributed by atoms with E-state index in [2.05, 4.69) is 211 Å². The highest BCUT2D eigenvalue weighted by Gasteiger charge is 2.37. The van der Waals surface area contributed by atoms with E-state index in [9.17, 15) is 9.59 Å². The van der Waals surface area contributed by atoms with Crippen LogP contribution in [0.15, 0.2) is 236 Å². The number of allylic oxidation sites excluding steroid dienone is 1. The molecule has 0 aliphatic heterocycles. The van der Waals surface area contributed by atoms with E-state index in [1.165, 1.54) is 33.4 Å². The summed E-state index contributed by atoms with van der Waals surface area (Å²) in [5.41, 5.74) is 10.4. The van der Waals surface area contributed by atoms with Gasteiger partial charge in [0.1, 0.15) is 0 Å². The van der Waals surface area contributed by atoms with Crippen molar-refractivity contribution in [2.24, 2.45) is 0 Å². The predicted molar refractivity (Wildman–Crippen MR) is 268 cm³/mol. The molecule has 8 aromatic carbocycles. The lowest BCUT2D eigenvalue weighted by Gasteiger charge is -2.37. The summed E-state index contributed by atoms with van der Waals surface area (Å²) in [4.78, 5) is 29.1. The van der Waals surface area contributed by atoms with Crippen LogP contribution in [0.5, 0.6) is 0 Å². The number of hydrogen-bond acceptors (Lipinski definition) is 3. The summed E-state index contributed by atoms with van der Waals surface area (Å²) >= 11 is 0. The van der Waals surface area contributed by atoms with Gasteiger partial charge in [-0.1, -0.05) is 231 Å². The summed E-state index contributed by atoms with van der Waals surface area (Å²) in [5.74, 6) is -0.405. The van der Waals surface area contributed by atoms with Crippen LogP contribution in [0.4, 0.5) is 5.69 Å². The molecule has 0 saturated carbocycles. The summed E-state index contributed by atoms with van der Waals surface area (Å²) in [7, 11) is 0. The maximum Gasteiger partial charge on any atom is 0.197 e. The first kappa shape index (κ1) is 42.9. The number of unbranched alkanes of at least 4 members (excludes halogenated alkanes) is 2. The number of nitrogens with zero attached hydrogens (tertiary/aromatic N) is 1. The highest BCUT2D eigenvalue weighted by Crippen LogP contribution is 2.45. The Bertz CT molecular complexity index is 2460. The van der Waals surface area contributed by atoms with Gasteiger partial charge in [0.2, 0.25) is 0 Å². The Balaban J connectivity index is 0.993. The van der Waals surface area contributed by atoms with Crippen molar-refractivity contribution < 1.29 is 9.59 Å². The average Bonchev–Trinajstić information content (AvgIpc) is 3.62. The topological polar surface area (TPSA) is 37.4 Å². The minimum Gasteiger partial charge on any atom is -0.372 e. The maximum atomic E-state index is 13.3. The molecule has 320 valence electrons. The lowest BCUT2D eigenvalue weighted by Crippen LogP contribution is -2.31. The number of rotatable bonds is 18. The summed E-state index contributed by atoms with van der Waals surface area (Å²) in [6.07, 6.45) is 7.72. The quantitative estimate of drug-likeness (QED) is 0.0374. The van der Waals surface area contributed by atoms with Gasteiger partial charge < -0.3 is 4.90 Å². The van der Waals surface area contributed by atoms with Crippen LogP contribution < -0.4 is 4.90 Å². The molecule has 3 heteroatoms. The first-order chi connectivity index (χ1) is 32.1. The molecule has 0 saturated heterocycles. The van der Waals surface area contributed by atoms with Crippen LogP contribution in [0, 0.1) is 0 Å². The third-order valence-corrected chi connectivity index (χ3v) is 13.5. The monoisotopic (exact) mass is 845 g/mol. The molecule has 0 radical (unpaired) electrons. The Morgan fingerprint density at radius 3 is 0.938 bits per heavy atom. The van der Waals surface area contributed by atoms with Crippen molar-refractivity contribution in [3.63, 3.8) is 0 Å². The molecular formula is C62H55NO2. The molecule has 1 aliphatic carbocycles. The van der Waals surface area contributed by atoms with E-state index in [0.29, 0.717) is 11.1 Å². The van der Waals surface area contributed by atoms with Crippen molar-refractivity contribution in [1.29, 1.82) is 0 Å². The third-order valence-electron chi connectivity index (χ3n) is 13.5. The van der Waals surface area contributed by atoms with Crippen molar-refractivity contribution in [2.45, 2.75) is 49.4 Å². The summed E-state index contributed by atoms with van der Waals surface area (Å²) in [6.45, 7) is 1.78. The Morgan fingerprint density at radius 2 is 0.631 bits per heavy atom. The second-order valence-electron chi connectivity index (χ2n) is 17.3. The minimum absolute atomic E-state index is 0.202. The van der Waals surface area contributed by atoms with Gasteiger partial charge in [0, 0.05) is 40.7 Å². The number of hydrogen-bond donors (Lipinski definition) is 0. The summed E-state index contributed by atoms with van der Waals surface area (Å²) in [6, 6.07) is 81.6. The van der Waals surface area contributed by atoms with Crippen LogP contribution in [-0.2, 0) is 10.8 Å². The van der Waals surface area contributed by atoms with E-state index < -0.39 is 0 Å². The molecule has 1 aliphatic rings. The van der Waals surface area contributed by atoms with E-state index in [4.69, 9.17) is 0 Å². The molecule has 0 atom stereocenters. The van der Waals surface area contributed by atoms with Crippen molar-refractivity contribution in [1.82, 2.24) is 0 Å². The molecule has 65 heavy (non-hydrogen) atoms. The fourth-order valence-electron chi connectivity index (χ4n) is 10.3. The highest BCUT2D eigenvalue weighted by molar-refractivity contribution is 6.41. The van der Waals surface area contributed by atoms with E-state index in [1.807, 2.05) is 12.1 Å². The highest BCUT2D eigenvalue weighted by atomic mass is 16.2. The van der Waals surface area contributed by atoms with Gasteiger partial charge in [-0.05, 0) is 82.8 Å². The van der Waals surface area contributed by atoms with Crippen molar-refractivity contribution in [3.8, 4) is 0 Å². The molecule has 0 aromatic heterocycles. The van der Waals surface area contributed by atoms with Gasteiger partial charge in [0.05, 0.1) is 5.57 Å². The van der Waals surface area contributed by atoms with Crippen molar-refractivity contribution in [3.05, 3.63) is 286 Å². The van der Waals surface area contributed by atoms with Crippen LogP contribution in [0.25, 0.3) is 6.08 Å². The Kier molecular flexibility index (Phi) is 13.2. The zero-order valence-electron chi connectivity index (χ0n) is 36.9. The molecule has 3 nitrogen and oxygen atoms in total. The number of Topliss-reactive ketones (excluding diaryl/α,β-unsaturated/α-hetero) is 2. The second-order valence-corrected chi connectivity index (χ2v) is 17.3. The number of carbonyl (C=O) groups excluding carboxylic acids is 2.